The van der Waals surface area contributed by atoms with Gasteiger partial charge in [0.15, 0.2) is 11.1 Å². The van der Waals surface area contributed by atoms with Crippen molar-refractivity contribution in [3.8, 4) is 5.69 Å². The first-order valence-corrected chi connectivity index (χ1v) is 11.2. The number of carbonyl (C=O) groups is 1. The van der Waals surface area contributed by atoms with Crippen LogP contribution in [0.5, 0.6) is 0 Å². The van der Waals surface area contributed by atoms with Crippen LogP contribution in [0.15, 0.2) is 82.6 Å². The van der Waals surface area contributed by atoms with Gasteiger partial charge < -0.3 is 10.6 Å². The van der Waals surface area contributed by atoms with Crippen LogP contribution in [0.3, 0.4) is 0 Å². The number of rotatable bonds is 6. The summed E-state index contributed by atoms with van der Waals surface area (Å²) in [7, 11) is 1.44. The lowest BCUT2D eigenvalue weighted by molar-refractivity contribution is -0.136. The summed E-state index contributed by atoms with van der Waals surface area (Å²) in [4.78, 5) is 29.1. The molecule has 2 aromatic heterocycles. The molecular formula is C24H19F3N4O2S. The van der Waals surface area contributed by atoms with Crippen LogP contribution in [0.2, 0.25) is 0 Å². The van der Waals surface area contributed by atoms with Gasteiger partial charge in [0.05, 0.1) is 21.7 Å². The Labute approximate surface area is 196 Å². The van der Waals surface area contributed by atoms with Crippen LogP contribution in [0.1, 0.15) is 5.56 Å². The van der Waals surface area contributed by atoms with Crippen molar-refractivity contribution in [2.45, 2.75) is 11.2 Å². The number of benzene rings is 2. The van der Waals surface area contributed by atoms with E-state index in [0.29, 0.717) is 11.4 Å². The van der Waals surface area contributed by atoms with Gasteiger partial charge in [0.25, 0.3) is 0 Å². The summed E-state index contributed by atoms with van der Waals surface area (Å²) >= 11 is 0.859. The number of anilines is 2. The summed E-state index contributed by atoms with van der Waals surface area (Å²) in [6, 6.07) is 19.6. The fourth-order valence-corrected chi connectivity index (χ4v) is 4.17. The van der Waals surface area contributed by atoms with Gasteiger partial charge in [-0.1, -0.05) is 48.2 Å². The Morgan fingerprint density at radius 1 is 1.03 bits per heavy atom. The number of hydrogen-bond donors (Lipinski definition) is 2. The molecule has 0 atom stereocenters. The highest BCUT2D eigenvalue weighted by atomic mass is 32.2. The number of thioether (sulfide) groups is 1. The molecule has 6 nitrogen and oxygen atoms in total. The minimum Gasteiger partial charge on any atom is -0.358 e. The molecule has 1 amide bonds. The zero-order chi connectivity index (χ0) is 24.3. The summed E-state index contributed by atoms with van der Waals surface area (Å²) < 4.78 is 43.6. The first-order valence-electron chi connectivity index (χ1n) is 10.2. The van der Waals surface area contributed by atoms with Gasteiger partial charge in [0.2, 0.25) is 5.91 Å². The molecule has 0 fully saturated rings. The Balaban J connectivity index is 2.03. The molecule has 0 saturated carbocycles. The van der Waals surface area contributed by atoms with E-state index < -0.39 is 22.6 Å². The standard InChI is InChI=1S/C24H19F3N4O2S/c1-28-20(33)14-34-21-12-17(24(25,26)27)22-18(32)13-19(29-15-8-4-2-5-9-15)31(23(22)30-21)16-10-6-3-7-11-16/h2-13,29H,14H2,1H3,(H,28,33). The number of hydrogen-bond acceptors (Lipinski definition) is 5. The Morgan fingerprint density at radius 3 is 2.29 bits per heavy atom. The van der Waals surface area contributed by atoms with Crippen LogP contribution in [0.25, 0.3) is 16.7 Å². The first kappa shape index (κ1) is 23.4. The van der Waals surface area contributed by atoms with Crippen molar-refractivity contribution in [1.82, 2.24) is 14.9 Å². The molecule has 0 spiro atoms. The highest BCUT2D eigenvalue weighted by molar-refractivity contribution is 7.99. The second kappa shape index (κ2) is 9.60. The molecule has 0 aliphatic heterocycles. The highest BCUT2D eigenvalue weighted by Gasteiger charge is 2.35. The van der Waals surface area contributed by atoms with Gasteiger partial charge in [-0.25, -0.2) is 4.98 Å². The second-order valence-corrected chi connectivity index (χ2v) is 8.22. The number of nitrogens with one attached hydrogen (secondary N) is 2. The first-order chi connectivity index (χ1) is 16.3. The van der Waals surface area contributed by atoms with Crippen molar-refractivity contribution in [2.24, 2.45) is 0 Å². The van der Waals surface area contributed by atoms with Gasteiger partial charge in [0, 0.05) is 24.5 Å². The Hall–Kier alpha value is -3.79. The monoisotopic (exact) mass is 484 g/mol. The van der Waals surface area contributed by atoms with E-state index in [0.717, 1.165) is 23.9 Å². The molecule has 0 radical (unpaired) electrons. The van der Waals surface area contributed by atoms with E-state index in [1.807, 2.05) is 6.07 Å². The highest BCUT2D eigenvalue weighted by Crippen LogP contribution is 2.37. The van der Waals surface area contributed by atoms with Crippen molar-refractivity contribution in [3.63, 3.8) is 0 Å². The van der Waals surface area contributed by atoms with Crippen molar-refractivity contribution >= 4 is 40.2 Å². The molecular weight excluding hydrogens is 465 g/mol. The molecule has 0 aliphatic carbocycles. The van der Waals surface area contributed by atoms with E-state index in [-0.39, 0.29) is 28.2 Å². The number of halogens is 3. The largest absolute Gasteiger partial charge is 0.417 e. The number of carbonyl (C=O) groups excluding carboxylic acids is 1. The van der Waals surface area contributed by atoms with E-state index >= 15 is 0 Å². The molecule has 0 unspecified atom stereocenters. The fraction of sp³-hybridized carbons (Fsp3) is 0.125. The summed E-state index contributed by atoms with van der Waals surface area (Å²) in [5.74, 6) is -0.228. The lowest BCUT2D eigenvalue weighted by Crippen LogP contribution is -2.20. The van der Waals surface area contributed by atoms with Crippen LogP contribution in [0.4, 0.5) is 24.7 Å². The van der Waals surface area contributed by atoms with Gasteiger partial charge >= 0.3 is 6.18 Å². The smallest absolute Gasteiger partial charge is 0.358 e. The van der Waals surface area contributed by atoms with E-state index in [1.165, 1.54) is 11.6 Å². The quantitative estimate of drug-likeness (QED) is 0.378. The van der Waals surface area contributed by atoms with Crippen LogP contribution in [-0.2, 0) is 11.0 Å². The number of fused-ring (bicyclic) bond motifs is 1. The Bertz CT molecular complexity index is 1390. The lowest BCUT2D eigenvalue weighted by Gasteiger charge is -2.20. The Kier molecular flexibility index (Phi) is 6.60. The van der Waals surface area contributed by atoms with Gasteiger partial charge in [-0.3, -0.25) is 14.2 Å². The third-order valence-corrected chi connectivity index (χ3v) is 5.85. The average Bonchev–Trinajstić information content (AvgIpc) is 2.82. The molecule has 0 aliphatic rings. The number of alkyl halides is 3. The van der Waals surface area contributed by atoms with E-state index in [1.54, 1.807) is 54.6 Å². The minimum absolute atomic E-state index is 0.0237. The predicted octanol–water partition coefficient (Wildman–Crippen LogP) is 4.99. The summed E-state index contributed by atoms with van der Waals surface area (Å²) in [6.45, 7) is 0. The molecule has 174 valence electrons. The maximum atomic E-state index is 14.0. The topological polar surface area (TPSA) is 76.0 Å². The maximum absolute atomic E-state index is 14.0. The van der Waals surface area contributed by atoms with Gasteiger partial charge in [-0.15, -0.1) is 0 Å². The third-order valence-electron chi connectivity index (χ3n) is 4.94. The van der Waals surface area contributed by atoms with Crippen molar-refractivity contribution in [3.05, 3.63) is 88.6 Å². The Morgan fingerprint density at radius 2 is 1.68 bits per heavy atom. The molecule has 4 rings (SSSR count). The number of para-hydroxylation sites is 2. The van der Waals surface area contributed by atoms with Crippen molar-refractivity contribution in [2.75, 3.05) is 18.1 Å². The second-order valence-electron chi connectivity index (χ2n) is 7.22. The zero-order valence-corrected chi connectivity index (χ0v) is 18.7. The van der Waals surface area contributed by atoms with Crippen LogP contribution < -0.4 is 16.1 Å². The number of amides is 1. The number of aromatic nitrogens is 2. The fourth-order valence-electron chi connectivity index (χ4n) is 3.40. The zero-order valence-electron chi connectivity index (χ0n) is 17.9. The SMILES string of the molecule is CNC(=O)CSc1cc(C(F)(F)F)c2c(=O)cc(Nc3ccccc3)n(-c3ccccc3)c2n1. The van der Waals surface area contributed by atoms with Crippen LogP contribution >= 0.6 is 11.8 Å². The van der Waals surface area contributed by atoms with Crippen molar-refractivity contribution in [1.29, 1.82) is 0 Å². The predicted molar refractivity (Wildman–Crippen MR) is 127 cm³/mol. The normalized spacial score (nSPS) is 11.4. The van der Waals surface area contributed by atoms with Crippen molar-refractivity contribution < 1.29 is 18.0 Å². The number of nitrogens with zero attached hydrogens (tertiary/aromatic N) is 2. The molecule has 34 heavy (non-hydrogen) atoms. The maximum Gasteiger partial charge on any atom is 0.417 e. The molecule has 0 saturated heterocycles. The van der Waals surface area contributed by atoms with E-state index in [9.17, 15) is 22.8 Å². The van der Waals surface area contributed by atoms with E-state index in [2.05, 4.69) is 15.6 Å². The summed E-state index contributed by atoms with van der Waals surface area (Å²) in [6.07, 6.45) is -4.80. The third kappa shape index (κ3) is 4.91. The summed E-state index contributed by atoms with van der Waals surface area (Å²) in [5, 5.41) is 4.97. The van der Waals surface area contributed by atoms with Gasteiger partial charge in [-0.2, -0.15) is 13.2 Å². The molecule has 2 aromatic carbocycles. The number of pyridine rings is 2. The van der Waals surface area contributed by atoms with Gasteiger partial charge in [-0.05, 0) is 30.3 Å². The van der Waals surface area contributed by atoms with E-state index in [4.69, 9.17) is 0 Å². The molecule has 2 N–H and O–H groups in total. The van der Waals surface area contributed by atoms with Crippen LogP contribution in [-0.4, -0.2) is 28.3 Å². The minimum atomic E-state index is -4.80. The molecule has 0 bridgehead atoms. The summed E-state index contributed by atoms with van der Waals surface area (Å²) in [5.41, 5.74) is -0.917. The van der Waals surface area contributed by atoms with Gasteiger partial charge in [0.1, 0.15) is 5.82 Å². The molecule has 4 aromatic rings. The molecule has 10 heteroatoms. The molecule has 2 heterocycles. The lowest BCUT2D eigenvalue weighted by atomic mass is 10.1. The van der Waals surface area contributed by atoms with Crippen LogP contribution in [0, 0.1) is 0 Å². The average molecular weight is 485 g/mol.